The molecule has 0 saturated carbocycles. The maximum Gasteiger partial charge on any atom is 0.254 e. The zero-order valence-corrected chi connectivity index (χ0v) is 14.6. The number of amides is 1. The number of ether oxygens (including phenoxy) is 1. The Hall–Kier alpha value is -2.45. The number of benzene rings is 2. The number of carbonyl (C=O) groups is 1. The van der Waals surface area contributed by atoms with Crippen LogP contribution in [0, 0.1) is 5.82 Å². The molecule has 0 aliphatic rings. The van der Waals surface area contributed by atoms with Crippen LogP contribution in [0.1, 0.15) is 35.8 Å². The van der Waals surface area contributed by atoms with E-state index in [0.29, 0.717) is 12.4 Å². The SMILES string of the molecule is CCOc1ccc([C@H](C)NC(=O)c2cc(S(N)(=O)=O)ccc2F)cc1. The molecule has 134 valence electrons. The van der Waals surface area contributed by atoms with Crippen molar-refractivity contribution in [1.82, 2.24) is 5.32 Å². The van der Waals surface area contributed by atoms with Crippen molar-refractivity contribution in [3.8, 4) is 5.75 Å². The Balaban J connectivity index is 2.18. The first-order valence-electron chi connectivity index (χ1n) is 7.58. The highest BCUT2D eigenvalue weighted by molar-refractivity contribution is 7.89. The van der Waals surface area contributed by atoms with Crippen molar-refractivity contribution in [2.45, 2.75) is 24.8 Å². The van der Waals surface area contributed by atoms with Gasteiger partial charge in [-0.3, -0.25) is 4.79 Å². The van der Waals surface area contributed by atoms with Gasteiger partial charge in [-0.15, -0.1) is 0 Å². The molecule has 0 bridgehead atoms. The lowest BCUT2D eigenvalue weighted by Gasteiger charge is -2.15. The lowest BCUT2D eigenvalue weighted by atomic mass is 10.1. The normalized spacial score (nSPS) is 12.5. The Bertz CT molecular complexity index is 867. The number of sulfonamides is 1. The Morgan fingerprint density at radius 3 is 2.44 bits per heavy atom. The summed E-state index contributed by atoms with van der Waals surface area (Å²) in [7, 11) is -4.03. The van der Waals surface area contributed by atoms with Gasteiger partial charge in [-0.25, -0.2) is 17.9 Å². The number of hydrogen-bond acceptors (Lipinski definition) is 4. The van der Waals surface area contributed by atoms with Crippen LogP contribution in [-0.4, -0.2) is 20.9 Å². The van der Waals surface area contributed by atoms with Crippen molar-refractivity contribution in [1.29, 1.82) is 0 Å². The maximum absolute atomic E-state index is 13.9. The lowest BCUT2D eigenvalue weighted by Crippen LogP contribution is -2.28. The summed E-state index contributed by atoms with van der Waals surface area (Å²) in [4.78, 5) is 12.0. The molecule has 0 aromatic heterocycles. The highest BCUT2D eigenvalue weighted by atomic mass is 32.2. The standard InChI is InChI=1S/C17H19FN2O4S/c1-3-24-13-6-4-12(5-7-13)11(2)20-17(21)15-10-14(25(19,22)23)8-9-16(15)18/h4-11H,3H2,1-2H3,(H,20,21)(H2,19,22,23)/t11-/m0/s1. The van der Waals surface area contributed by atoms with Gasteiger partial charge in [-0.1, -0.05) is 12.1 Å². The van der Waals surface area contributed by atoms with Gasteiger partial charge in [0.15, 0.2) is 0 Å². The zero-order chi connectivity index (χ0) is 18.6. The first kappa shape index (κ1) is 18.9. The van der Waals surface area contributed by atoms with Gasteiger partial charge >= 0.3 is 0 Å². The van der Waals surface area contributed by atoms with Crippen molar-refractivity contribution in [2.75, 3.05) is 6.61 Å². The minimum absolute atomic E-state index is 0.326. The van der Waals surface area contributed by atoms with Crippen LogP contribution >= 0.6 is 0 Å². The Morgan fingerprint density at radius 2 is 1.88 bits per heavy atom. The first-order valence-corrected chi connectivity index (χ1v) is 9.13. The molecular weight excluding hydrogens is 347 g/mol. The average molecular weight is 366 g/mol. The summed E-state index contributed by atoms with van der Waals surface area (Å²) < 4.78 is 42.0. The summed E-state index contributed by atoms with van der Waals surface area (Å²) in [5.74, 6) is -0.857. The second-order valence-electron chi connectivity index (χ2n) is 5.38. The molecule has 0 aliphatic carbocycles. The monoisotopic (exact) mass is 366 g/mol. The molecular formula is C17H19FN2O4S. The molecule has 0 fully saturated rings. The van der Waals surface area contributed by atoms with Crippen LogP contribution in [0.15, 0.2) is 47.4 Å². The fraction of sp³-hybridized carbons (Fsp3) is 0.235. The molecule has 6 nitrogen and oxygen atoms in total. The molecule has 0 saturated heterocycles. The molecule has 0 radical (unpaired) electrons. The third-order valence-corrected chi connectivity index (χ3v) is 4.46. The van der Waals surface area contributed by atoms with E-state index in [1.54, 1.807) is 31.2 Å². The summed E-state index contributed by atoms with van der Waals surface area (Å²) >= 11 is 0. The number of rotatable bonds is 6. The number of primary sulfonamides is 1. The Kier molecular flexibility index (Phi) is 5.76. The number of hydrogen-bond donors (Lipinski definition) is 2. The quantitative estimate of drug-likeness (QED) is 0.820. The minimum atomic E-state index is -4.03. The Morgan fingerprint density at radius 1 is 1.24 bits per heavy atom. The number of halogens is 1. The highest BCUT2D eigenvalue weighted by Crippen LogP contribution is 2.19. The van der Waals surface area contributed by atoms with Gasteiger partial charge in [-0.05, 0) is 49.7 Å². The molecule has 2 aromatic rings. The maximum atomic E-state index is 13.9. The molecule has 0 aliphatic heterocycles. The van der Waals surface area contributed by atoms with Gasteiger partial charge in [0.1, 0.15) is 11.6 Å². The van der Waals surface area contributed by atoms with Crippen LogP contribution in [0.25, 0.3) is 0 Å². The van der Waals surface area contributed by atoms with Crippen LogP contribution in [0.2, 0.25) is 0 Å². The number of nitrogens with one attached hydrogen (secondary N) is 1. The van der Waals surface area contributed by atoms with Crippen molar-refractivity contribution in [3.63, 3.8) is 0 Å². The molecule has 2 rings (SSSR count). The van der Waals surface area contributed by atoms with E-state index in [4.69, 9.17) is 9.88 Å². The van der Waals surface area contributed by atoms with E-state index in [1.165, 1.54) is 0 Å². The molecule has 0 spiro atoms. The average Bonchev–Trinajstić information content (AvgIpc) is 2.55. The van der Waals surface area contributed by atoms with Crippen molar-refractivity contribution in [2.24, 2.45) is 5.14 Å². The summed E-state index contributed by atoms with van der Waals surface area (Å²) in [5, 5.41) is 7.64. The van der Waals surface area contributed by atoms with Crippen LogP contribution in [0.4, 0.5) is 4.39 Å². The van der Waals surface area contributed by atoms with E-state index < -0.39 is 27.8 Å². The van der Waals surface area contributed by atoms with Crippen molar-refractivity contribution < 1.29 is 22.3 Å². The van der Waals surface area contributed by atoms with E-state index >= 15 is 0 Å². The molecule has 1 amide bonds. The number of carbonyl (C=O) groups excluding carboxylic acids is 1. The van der Waals surface area contributed by atoms with Crippen molar-refractivity contribution in [3.05, 3.63) is 59.4 Å². The highest BCUT2D eigenvalue weighted by Gasteiger charge is 2.18. The molecule has 8 heteroatoms. The fourth-order valence-corrected chi connectivity index (χ4v) is 2.77. The van der Waals surface area contributed by atoms with E-state index in [2.05, 4.69) is 5.32 Å². The number of nitrogens with two attached hydrogens (primary N) is 1. The summed E-state index contributed by atoms with van der Waals surface area (Å²) in [6.07, 6.45) is 0. The van der Waals surface area contributed by atoms with Gasteiger partial charge in [-0.2, -0.15) is 0 Å². The molecule has 0 heterocycles. The summed E-state index contributed by atoms with van der Waals surface area (Å²) in [6.45, 7) is 4.15. The van der Waals surface area contributed by atoms with Crippen LogP contribution < -0.4 is 15.2 Å². The molecule has 1 atom stereocenters. The topological polar surface area (TPSA) is 98.5 Å². The van der Waals surface area contributed by atoms with Gasteiger partial charge in [0.05, 0.1) is 23.1 Å². The van der Waals surface area contributed by atoms with Crippen LogP contribution in [0.3, 0.4) is 0 Å². The second-order valence-corrected chi connectivity index (χ2v) is 6.95. The zero-order valence-electron chi connectivity index (χ0n) is 13.8. The molecule has 0 unspecified atom stereocenters. The second kappa shape index (κ2) is 7.62. The van der Waals surface area contributed by atoms with Gasteiger partial charge in [0.2, 0.25) is 10.0 Å². The summed E-state index contributed by atoms with van der Waals surface area (Å²) in [5.41, 5.74) is 0.407. The van der Waals surface area contributed by atoms with E-state index in [1.807, 2.05) is 6.92 Å². The Labute approximate surface area is 145 Å². The smallest absolute Gasteiger partial charge is 0.254 e. The van der Waals surface area contributed by atoms with E-state index in [0.717, 1.165) is 23.8 Å². The predicted octanol–water partition coefficient (Wildman–Crippen LogP) is 2.36. The lowest BCUT2D eigenvalue weighted by molar-refractivity contribution is 0.0935. The fourth-order valence-electron chi connectivity index (χ4n) is 2.23. The van der Waals surface area contributed by atoms with E-state index in [9.17, 15) is 17.6 Å². The van der Waals surface area contributed by atoms with E-state index in [-0.39, 0.29) is 10.5 Å². The summed E-state index contributed by atoms with van der Waals surface area (Å²) in [6, 6.07) is 9.52. The first-order chi connectivity index (χ1) is 11.7. The minimum Gasteiger partial charge on any atom is -0.494 e. The molecule has 2 aromatic carbocycles. The van der Waals surface area contributed by atoms with Crippen molar-refractivity contribution >= 4 is 15.9 Å². The van der Waals surface area contributed by atoms with Crippen LogP contribution in [-0.2, 0) is 10.0 Å². The third-order valence-electron chi connectivity index (χ3n) is 3.55. The molecule has 25 heavy (non-hydrogen) atoms. The van der Waals surface area contributed by atoms with Gasteiger partial charge < -0.3 is 10.1 Å². The predicted molar refractivity (Wildman–Crippen MR) is 91.3 cm³/mol. The van der Waals surface area contributed by atoms with Gasteiger partial charge in [0.25, 0.3) is 5.91 Å². The van der Waals surface area contributed by atoms with Crippen LogP contribution in [0.5, 0.6) is 5.75 Å². The third kappa shape index (κ3) is 4.77. The van der Waals surface area contributed by atoms with Gasteiger partial charge in [0, 0.05) is 0 Å². The largest absolute Gasteiger partial charge is 0.494 e. The molecule has 3 N–H and O–H groups in total.